The summed E-state index contributed by atoms with van der Waals surface area (Å²) in [6.07, 6.45) is -0.870. The van der Waals surface area contributed by atoms with Gasteiger partial charge in [0.15, 0.2) is 0 Å². The normalized spacial score (nSPS) is 18.0. The van der Waals surface area contributed by atoms with E-state index in [9.17, 15) is 19.1 Å². The molecule has 7 heteroatoms. The fourth-order valence-corrected chi connectivity index (χ4v) is 3.10. The van der Waals surface area contributed by atoms with Crippen LogP contribution in [0, 0.1) is 5.82 Å². The molecular weight excluding hydrogens is 359 g/mol. The van der Waals surface area contributed by atoms with E-state index in [4.69, 9.17) is 11.6 Å². The quantitative estimate of drug-likeness (QED) is 0.894. The third-order valence-corrected chi connectivity index (χ3v) is 4.50. The molecule has 1 unspecified atom stereocenters. The maximum absolute atomic E-state index is 13.3. The highest BCUT2D eigenvalue weighted by Crippen LogP contribution is 2.19. The monoisotopic (exact) mass is 376 g/mol. The molecule has 26 heavy (non-hydrogen) atoms. The minimum atomic E-state index is -0.870. The van der Waals surface area contributed by atoms with Crippen LogP contribution in [0.3, 0.4) is 0 Å². The predicted octanol–water partition coefficient (Wildman–Crippen LogP) is 2.32. The zero-order valence-electron chi connectivity index (χ0n) is 13.9. The molecule has 0 bridgehead atoms. The van der Waals surface area contributed by atoms with Crippen molar-refractivity contribution in [3.05, 3.63) is 70.5 Å². The van der Waals surface area contributed by atoms with Crippen LogP contribution in [0.25, 0.3) is 0 Å². The number of nitrogens with zero attached hydrogens (tertiary/aromatic N) is 2. The van der Waals surface area contributed by atoms with E-state index in [-0.39, 0.29) is 36.1 Å². The second kappa shape index (κ2) is 7.85. The van der Waals surface area contributed by atoms with Gasteiger partial charge in [0.05, 0.1) is 11.1 Å². The Morgan fingerprint density at radius 3 is 2.62 bits per heavy atom. The Hall–Kier alpha value is -2.44. The molecule has 0 spiro atoms. The summed E-state index contributed by atoms with van der Waals surface area (Å²) in [7, 11) is 0. The number of aliphatic hydroxyl groups excluding tert-OH is 1. The molecule has 5 nitrogen and oxygen atoms in total. The molecule has 2 aromatic carbocycles. The van der Waals surface area contributed by atoms with Gasteiger partial charge in [0.2, 0.25) is 5.91 Å². The number of β-amino-alcohol motifs (C(OH)–C–C–N with tert-alkyl or cyclic N) is 1. The van der Waals surface area contributed by atoms with Crippen LogP contribution in [0.4, 0.5) is 4.39 Å². The van der Waals surface area contributed by atoms with Gasteiger partial charge >= 0.3 is 0 Å². The Morgan fingerprint density at radius 2 is 1.92 bits per heavy atom. The minimum Gasteiger partial charge on any atom is -0.389 e. The van der Waals surface area contributed by atoms with E-state index in [1.165, 1.54) is 21.9 Å². The number of benzene rings is 2. The Bertz CT molecular complexity index is 816. The number of aliphatic hydroxyl groups is 1. The molecule has 0 saturated carbocycles. The van der Waals surface area contributed by atoms with Crippen LogP contribution >= 0.6 is 11.6 Å². The average molecular weight is 377 g/mol. The summed E-state index contributed by atoms with van der Waals surface area (Å²) in [4.78, 5) is 28.0. The largest absolute Gasteiger partial charge is 0.389 e. The number of carbonyl (C=O) groups excluding carboxylic acids is 2. The molecule has 1 atom stereocenters. The zero-order chi connectivity index (χ0) is 18.7. The lowest BCUT2D eigenvalue weighted by Gasteiger charge is -2.22. The van der Waals surface area contributed by atoms with E-state index in [2.05, 4.69) is 0 Å². The number of carbonyl (C=O) groups is 2. The second-order valence-electron chi connectivity index (χ2n) is 6.23. The summed E-state index contributed by atoms with van der Waals surface area (Å²) in [5.41, 5.74) is 1.12. The lowest BCUT2D eigenvalue weighted by atomic mass is 10.2. The van der Waals surface area contributed by atoms with Gasteiger partial charge in [-0.3, -0.25) is 9.59 Å². The Labute approximate surface area is 155 Å². The van der Waals surface area contributed by atoms with E-state index in [0.717, 1.165) is 11.6 Å². The van der Waals surface area contributed by atoms with Gasteiger partial charge < -0.3 is 14.9 Å². The number of amides is 2. The van der Waals surface area contributed by atoms with E-state index >= 15 is 0 Å². The number of halogens is 2. The van der Waals surface area contributed by atoms with Crippen LogP contribution in [0.5, 0.6) is 0 Å². The highest BCUT2D eigenvalue weighted by atomic mass is 35.5. The standard InChI is InChI=1S/C19H18ClFN2O3/c20-16-8-14(6-7-17(16)21)19(26)23-11-15(24)10-22(18(25)12-23)9-13-4-2-1-3-5-13/h1-8,15,24H,9-12H2. The summed E-state index contributed by atoms with van der Waals surface area (Å²) >= 11 is 5.73. The van der Waals surface area contributed by atoms with E-state index in [1.807, 2.05) is 30.3 Å². The first-order chi connectivity index (χ1) is 12.4. The van der Waals surface area contributed by atoms with Gasteiger partial charge in [-0.15, -0.1) is 0 Å². The SMILES string of the molecule is O=C1CN(C(=O)c2ccc(F)c(Cl)c2)CC(O)CN1Cc1ccccc1. The highest BCUT2D eigenvalue weighted by Gasteiger charge is 2.30. The number of hydrogen-bond acceptors (Lipinski definition) is 3. The Kier molecular flexibility index (Phi) is 5.54. The molecular formula is C19H18ClFN2O3. The summed E-state index contributed by atoms with van der Waals surface area (Å²) in [5, 5.41) is 10.1. The van der Waals surface area contributed by atoms with Gasteiger partial charge in [-0.25, -0.2) is 4.39 Å². The molecule has 1 saturated heterocycles. The van der Waals surface area contributed by atoms with E-state index < -0.39 is 17.8 Å². The van der Waals surface area contributed by atoms with Crippen molar-refractivity contribution in [2.45, 2.75) is 12.6 Å². The van der Waals surface area contributed by atoms with Crippen molar-refractivity contribution in [3.8, 4) is 0 Å². The fraction of sp³-hybridized carbons (Fsp3) is 0.263. The van der Waals surface area contributed by atoms with Gasteiger partial charge in [0.25, 0.3) is 5.91 Å². The molecule has 1 aliphatic rings. The first kappa shape index (κ1) is 18.4. The molecule has 0 radical (unpaired) electrons. The van der Waals surface area contributed by atoms with Crippen LogP contribution in [0.15, 0.2) is 48.5 Å². The first-order valence-corrected chi connectivity index (χ1v) is 8.56. The minimum absolute atomic E-state index is 0.0187. The van der Waals surface area contributed by atoms with Crippen LogP contribution < -0.4 is 0 Å². The van der Waals surface area contributed by atoms with Crippen molar-refractivity contribution >= 4 is 23.4 Å². The van der Waals surface area contributed by atoms with Crippen molar-refractivity contribution in [3.63, 3.8) is 0 Å². The number of hydrogen-bond donors (Lipinski definition) is 1. The van der Waals surface area contributed by atoms with Gasteiger partial charge in [0.1, 0.15) is 12.4 Å². The van der Waals surface area contributed by atoms with Crippen LogP contribution in [-0.2, 0) is 11.3 Å². The average Bonchev–Trinajstić information content (AvgIpc) is 2.76. The Balaban J connectivity index is 1.75. The summed E-state index contributed by atoms with van der Waals surface area (Å²) in [6.45, 7) is 0.366. The van der Waals surface area contributed by atoms with Crippen molar-refractivity contribution in [1.29, 1.82) is 0 Å². The summed E-state index contributed by atoms with van der Waals surface area (Å²) < 4.78 is 13.3. The zero-order valence-corrected chi connectivity index (χ0v) is 14.7. The predicted molar refractivity (Wildman–Crippen MR) is 95.2 cm³/mol. The third-order valence-electron chi connectivity index (χ3n) is 4.21. The molecule has 1 N–H and O–H groups in total. The molecule has 1 aliphatic heterocycles. The Morgan fingerprint density at radius 1 is 1.19 bits per heavy atom. The lowest BCUT2D eigenvalue weighted by Crippen LogP contribution is -2.39. The molecule has 1 fully saturated rings. The molecule has 136 valence electrons. The van der Waals surface area contributed by atoms with E-state index in [1.54, 1.807) is 0 Å². The van der Waals surface area contributed by atoms with Crippen molar-refractivity contribution in [2.24, 2.45) is 0 Å². The second-order valence-corrected chi connectivity index (χ2v) is 6.64. The van der Waals surface area contributed by atoms with Gasteiger partial charge in [-0.2, -0.15) is 0 Å². The van der Waals surface area contributed by atoms with Gasteiger partial charge in [-0.05, 0) is 23.8 Å². The van der Waals surface area contributed by atoms with Crippen molar-refractivity contribution < 1.29 is 19.1 Å². The van der Waals surface area contributed by atoms with Crippen LogP contribution in [0.2, 0.25) is 5.02 Å². The smallest absolute Gasteiger partial charge is 0.254 e. The third kappa shape index (κ3) is 4.20. The van der Waals surface area contributed by atoms with Crippen molar-refractivity contribution in [2.75, 3.05) is 19.6 Å². The van der Waals surface area contributed by atoms with E-state index in [0.29, 0.717) is 6.54 Å². The highest BCUT2D eigenvalue weighted by molar-refractivity contribution is 6.31. The lowest BCUT2D eigenvalue weighted by molar-refractivity contribution is -0.131. The summed E-state index contributed by atoms with van der Waals surface area (Å²) in [5.74, 6) is -1.35. The molecule has 0 aliphatic carbocycles. The van der Waals surface area contributed by atoms with Gasteiger partial charge in [-0.1, -0.05) is 41.9 Å². The number of rotatable bonds is 3. The molecule has 3 rings (SSSR count). The molecule has 1 heterocycles. The summed E-state index contributed by atoms with van der Waals surface area (Å²) in [6, 6.07) is 13.1. The first-order valence-electron chi connectivity index (χ1n) is 8.18. The molecule has 2 amide bonds. The van der Waals surface area contributed by atoms with Crippen LogP contribution in [0.1, 0.15) is 15.9 Å². The maximum Gasteiger partial charge on any atom is 0.254 e. The fourth-order valence-electron chi connectivity index (χ4n) is 2.92. The van der Waals surface area contributed by atoms with Crippen LogP contribution in [-0.4, -0.2) is 52.5 Å². The van der Waals surface area contributed by atoms with Crippen molar-refractivity contribution in [1.82, 2.24) is 9.80 Å². The van der Waals surface area contributed by atoms with Gasteiger partial charge in [0, 0.05) is 25.2 Å². The topological polar surface area (TPSA) is 60.9 Å². The molecule has 0 aromatic heterocycles. The molecule has 2 aromatic rings. The maximum atomic E-state index is 13.3.